The second kappa shape index (κ2) is 10.1. The molecule has 10 heteroatoms. The Bertz CT molecular complexity index is 1250. The number of aromatic nitrogens is 3. The fourth-order valence-corrected chi connectivity index (χ4v) is 3.69. The first-order chi connectivity index (χ1) is 16.0. The molecule has 0 saturated carbocycles. The lowest BCUT2D eigenvalue weighted by Crippen LogP contribution is -2.26. The van der Waals surface area contributed by atoms with E-state index in [4.69, 9.17) is 4.74 Å². The number of aryl methyl sites for hydroxylation is 1. The van der Waals surface area contributed by atoms with Crippen LogP contribution in [0.5, 0.6) is 5.75 Å². The monoisotopic (exact) mass is 476 g/mol. The molecule has 1 heterocycles. The van der Waals surface area contributed by atoms with Gasteiger partial charge in [-0.25, -0.2) is 18.0 Å². The van der Waals surface area contributed by atoms with Gasteiger partial charge in [0.15, 0.2) is 0 Å². The highest BCUT2D eigenvalue weighted by Gasteiger charge is 2.24. The van der Waals surface area contributed by atoms with Gasteiger partial charge in [0, 0.05) is 12.1 Å². The fourth-order valence-electron chi connectivity index (χ4n) is 3.69. The Morgan fingerprint density at radius 1 is 1.12 bits per heavy atom. The molecule has 0 bridgehead atoms. The highest BCUT2D eigenvalue weighted by atomic mass is 19.1. The lowest BCUT2D eigenvalue weighted by Gasteiger charge is -2.18. The largest absolute Gasteiger partial charge is 0.490 e. The number of ether oxygens (including phenoxy) is 1. The van der Waals surface area contributed by atoms with Crippen LogP contribution in [0.1, 0.15) is 62.8 Å². The Morgan fingerprint density at radius 2 is 1.76 bits per heavy atom. The van der Waals surface area contributed by atoms with Crippen molar-refractivity contribution in [1.82, 2.24) is 14.3 Å². The summed E-state index contributed by atoms with van der Waals surface area (Å²) in [5.74, 6) is -3.51. The maximum absolute atomic E-state index is 15.2. The van der Waals surface area contributed by atoms with E-state index in [1.54, 1.807) is 27.7 Å². The minimum atomic E-state index is -0.978. The van der Waals surface area contributed by atoms with Gasteiger partial charge in [0.25, 0.3) is 5.91 Å². The lowest BCUT2D eigenvalue weighted by molar-refractivity contribution is 0.101. The molecule has 0 aliphatic heterocycles. The number of nitrogens with one attached hydrogen (secondary N) is 1. The lowest BCUT2D eigenvalue weighted by atomic mass is 10.1. The van der Waals surface area contributed by atoms with E-state index in [0.717, 1.165) is 35.4 Å². The van der Waals surface area contributed by atoms with Crippen LogP contribution >= 0.6 is 0 Å². The van der Waals surface area contributed by atoms with Crippen molar-refractivity contribution >= 4 is 11.6 Å². The third-order valence-electron chi connectivity index (χ3n) is 5.24. The van der Waals surface area contributed by atoms with Crippen molar-refractivity contribution in [2.45, 2.75) is 59.6 Å². The van der Waals surface area contributed by atoms with E-state index < -0.39 is 34.7 Å². The van der Waals surface area contributed by atoms with E-state index >= 15 is 4.39 Å². The first-order valence-corrected chi connectivity index (χ1v) is 11.0. The molecular formula is C24H27F3N4O3. The van der Waals surface area contributed by atoms with E-state index in [2.05, 4.69) is 10.4 Å². The molecule has 7 nitrogen and oxygen atoms in total. The number of nitrogens with zero attached hydrogens (tertiary/aromatic N) is 3. The highest BCUT2D eigenvalue weighted by molar-refractivity contribution is 6.06. The normalized spacial score (nSPS) is 12.1. The van der Waals surface area contributed by atoms with Crippen LogP contribution < -0.4 is 15.7 Å². The minimum absolute atomic E-state index is 0.0461. The maximum atomic E-state index is 15.2. The average molecular weight is 476 g/mol. The van der Waals surface area contributed by atoms with E-state index in [-0.39, 0.29) is 29.1 Å². The molecule has 0 radical (unpaired) electrons. The SMILES string of the molecule is CCCC(C)Oc1cc(-n2nc(C)n(C(C)C)c2=O)c(F)cc1C(=O)Nc1c(F)cccc1F. The molecule has 0 saturated heterocycles. The fraction of sp³-hybridized carbons (Fsp3) is 0.375. The van der Waals surface area contributed by atoms with Crippen molar-refractivity contribution in [3.8, 4) is 11.4 Å². The van der Waals surface area contributed by atoms with Gasteiger partial charge in [-0.3, -0.25) is 9.36 Å². The summed E-state index contributed by atoms with van der Waals surface area (Å²) in [5.41, 5.74) is -1.70. The van der Waals surface area contributed by atoms with Gasteiger partial charge in [-0.1, -0.05) is 19.4 Å². The van der Waals surface area contributed by atoms with Crippen molar-refractivity contribution in [3.63, 3.8) is 0 Å². The molecule has 182 valence electrons. The van der Waals surface area contributed by atoms with Crippen LogP contribution in [0.2, 0.25) is 0 Å². The van der Waals surface area contributed by atoms with E-state index in [0.29, 0.717) is 12.2 Å². The second-order valence-corrected chi connectivity index (χ2v) is 8.27. The van der Waals surface area contributed by atoms with E-state index in [1.807, 2.05) is 6.92 Å². The summed E-state index contributed by atoms with van der Waals surface area (Å²) in [6.45, 7) is 8.95. The first-order valence-electron chi connectivity index (χ1n) is 11.0. The molecule has 34 heavy (non-hydrogen) atoms. The van der Waals surface area contributed by atoms with Gasteiger partial charge in [0.05, 0.1) is 11.7 Å². The zero-order valence-corrected chi connectivity index (χ0v) is 19.7. The molecule has 1 N–H and O–H groups in total. The van der Waals surface area contributed by atoms with Crippen LogP contribution in [0, 0.1) is 24.4 Å². The molecule has 3 aromatic rings. The highest BCUT2D eigenvalue weighted by Crippen LogP contribution is 2.29. The van der Waals surface area contributed by atoms with Gasteiger partial charge in [-0.2, -0.15) is 9.78 Å². The van der Waals surface area contributed by atoms with Gasteiger partial charge in [-0.05, 0) is 52.3 Å². The number of carbonyl (C=O) groups is 1. The van der Waals surface area contributed by atoms with Crippen LogP contribution in [0.25, 0.3) is 5.69 Å². The summed E-state index contributed by atoms with van der Waals surface area (Å²) in [6.07, 6.45) is 1.07. The number of anilines is 1. The quantitative estimate of drug-likeness (QED) is 0.487. The van der Waals surface area contributed by atoms with Gasteiger partial charge < -0.3 is 10.1 Å². The summed E-state index contributed by atoms with van der Waals surface area (Å²) < 4.78 is 51.5. The molecule has 2 aromatic carbocycles. The molecule has 0 aliphatic carbocycles. The zero-order valence-electron chi connectivity index (χ0n) is 19.7. The molecule has 0 aliphatic rings. The number of amides is 1. The van der Waals surface area contributed by atoms with Crippen molar-refractivity contribution in [1.29, 1.82) is 0 Å². The standard InChI is InChI=1S/C24H27F3N4O3/c1-6-8-14(4)34-21-12-20(31-24(33)30(13(2)3)15(5)29-31)19(27)11-16(21)23(32)28-22-17(25)9-7-10-18(22)26/h7,9-14H,6,8H2,1-5H3,(H,28,32). The minimum Gasteiger partial charge on any atom is -0.490 e. The van der Waals surface area contributed by atoms with Gasteiger partial charge in [0.2, 0.25) is 0 Å². The molecular weight excluding hydrogens is 449 g/mol. The van der Waals surface area contributed by atoms with Gasteiger partial charge in [-0.15, -0.1) is 0 Å². The average Bonchev–Trinajstić information content (AvgIpc) is 3.05. The number of halogens is 3. The molecule has 1 atom stereocenters. The van der Waals surface area contributed by atoms with Gasteiger partial charge >= 0.3 is 5.69 Å². The Balaban J connectivity index is 2.12. The van der Waals surface area contributed by atoms with Crippen LogP contribution in [0.15, 0.2) is 35.1 Å². The number of benzene rings is 2. The molecule has 1 aromatic heterocycles. The summed E-state index contributed by atoms with van der Waals surface area (Å²) in [5, 5.41) is 6.30. The van der Waals surface area contributed by atoms with E-state index in [9.17, 15) is 18.4 Å². The number of hydrogen-bond acceptors (Lipinski definition) is 4. The van der Waals surface area contributed by atoms with Crippen LogP contribution in [-0.2, 0) is 0 Å². The first kappa shape index (κ1) is 25.1. The van der Waals surface area contributed by atoms with Crippen molar-refractivity contribution in [2.24, 2.45) is 0 Å². The van der Waals surface area contributed by atoms with Crippen molar-refractivity contribution in [3.05, 3.63) is 69.7 Å². The van der Waals surface area contributed by atoms with Crippen molar-refractivity contribution < 1.29 is 22.7 Å². The predicted molar refractivity (Wildman–Crippen MR) is 122 cm³/mol. The Labute approximate surface area is 195 Å². The molecule has 0 spiro atoms. The summed E-state index contributed by atoms with van der Waals surface area (Å²) in [7, 11) is 0. The van der Waals surface area contributed by atoms with Crippen LogP contribution in [-0.4, -0.2) is 26.4 Å². The summed E-state index contributed by atoms with van der Waals surface area (Å²) in [4.78, 5) is 25.8. The summed E-state index contributed by atoms with van der Waals surface area (Å²) >= 11 is 0. The third kappa shape index (κ3) is 5.00. The zero-order chi connectivity index (χ0) is 25.2. The number of hydrogen-bond donors (Lipinski definition) is 1. The second-order valence-electron chi connectivity index (χ2n) is 8.27. The topological polar surface area (TPSA) is 78.2 Å². The Hall–Kier alpha value is -3.56. The van der Waals surface area contributed by atoms with Crippen LogP contribution in [0.4, 0.5) is 18.9 Å². The number of carbonyl (C=O) groups excluding carboxylic acids is 1. The maximum Gasteiger partial charge on any atom is 0.351 e. The molecule has 1 unspecified atom stereocenters. The van der Waals surface area contributed by atoms with Crippen LogP contribution in [0.3, 0.4) is 0 Å². The predicted octanol–water partition coefficient (Wildman–Crippen LogP) is 5.16. The smallest absolute Gasteiger partial charge is 0.351 e. The van der Waals surface area contributed by atoms with Crippen molar-refractivity contribution in [2.75, 3.05) is 5.32 Å². The van der Waals surface area contributed by atoms with Gasteiger partial charge in [0.1, 0.15) is 40.4 Å². The molecule has 0 fully saturated rings. The van der Waals surface area contributed by atoms with E-state index in [1.165, 1.54) is 10.6 Å². The molecule has 1 amide bonds. The molecule has 3 rings (SSSR count). The summed E-state index contributed by atoms with van der Waals surface area (Å²) in [6, 6.07) is 5.00. The Kier molecular flexibility index (Phi) is 7.48. The third-order valence-corrected chi connectivity index (χ3v) is 5.24. The Morgan fingerprint density at radius 3 is 2.32 bits per heavy atom. The number of rotatable bonds is 8. The number of para-hydroxylation sites is 1.